The molecular formula is C61H106NO8P. The van der Waals surface area contributed by atoms with E-state index in [2.05, 4.69) is 111 Å². The van der Waals surface area contributed by atoms with E-state index in [0.29, 0.717) is 12.8 Å². The van der Waals surface area contributed by atoms with Gasteiger partial charge in [0.1, 0.15) is 6.61 Å². The average molecular weight is 1010 g/mol. The van der Waals surface area contributed by atoms with Crippen LogP contribution in [-0.4, -0.2) is 49.3 Å². The Morgan fingerprint density at radius 3 is 1.08 bits per heavy atom. The van der Waals surface area contributed by atoms with E-state index in [4.69, 9.17) is 24.3 Å². The SMILES string of the molecule is CC/C=C\C/C=C\C/C=C\C/C=C\CCCCCCCCCCCCCCCCCCCCC(=O)OC(COC(=O)CCCCCCCC/C=C\C/C=C\C/C=C\C/C=C\CC)COP(=O)(O)OCCN. The van der Waals surface area contributed by atoms with Crippen LogP contribution in [0.1, 0.15) is 245 Å². The van der Waals surface area contributed by atoms with E-state index in [-0.39, 0.29) is 32.6 Å². The monoisotopic (exact) mass is 1010 g/mol. The lowest BCUT2D eigenvalue weighted by atomic mass is 10.0. The van der Waals surface area contributed by atoms with Crippen molar-refractivity contribution in [3.05, 3.63) is 97.2 Å². The summed E-state index contributed by atoms with van der Waals surface area (Å²) in [6.45, 7) is 3.51. The predicted molar refractivity (Wildman–Crippen MR) is 302 cm³/mol. The van der Waals surface area contributed by atoms with E-state index in [9.17, 15) is 19.0 Å². The quantitative estimate of drug-likeness (QED) is 0.0264. The fraction of sp³-hybridized carbons (Fsp3) is 0.705. The summed E-state index contributed by atoms with van der Waals surface area (Å²) in [5.41, 5.74) is 5.38. The Balaban J connectivity index is 3.95. The molecule has 10 heteroatoms. The first-order valence-electron chi connectivity index (χ1n) is 28.7. The molecule has 0 aliphatic carbocycles. The Morgan fingerprint density at radius 1 is 0.423 bits per heavy atom. The van der Waals surface area contributed by atoms with Crippen molar-refractivity contribution in [1.82, 2.24) is 0 Å². The molecule has 0 amide bonds. The number of nitrogens with two attached hydrogens (primary N) is 1. The zero-order valence-corrected chi connectivity index (χ0v) is 46.3. The molecule has 0 aromatic carbocycles. The number of carbonyl (C=O) groups is 2. The third-order valence-corrected chi connectivity index (χ3v) is 12.9. The van der Waals surface area contributed by atoms with Crippen LogP contribution in [0.4, 0.5) is 0 Å². The Hall–Kier alpha value is -3.07. The lowest BCUT2D eigenvalue weighted by Gasteiger charge is -2.19. The highest BCUT2D eigenvalue weighted by Crippen LogP contribution is 2.43. The van der Waals surface area contributed by atoms with Gasteiger partial charge in [-0.1, -0.05) is 239 Å². The van der Waals surface area contributed by atoms with Gasteiger partial charge in [-0.3, -0.25) is 18.6 Å². The van der Waals surface area contributed by atoms with E-state index in [0.717, 1.165) is 109 Å². The van der Waals surface area contributed by atoms with Gasteiger partial charge in [-0.05, 0) is 89.9 Å². The molecule has 0 aromatic heterocycles. The van der Waals surface area contributed by atoms with Crippen LogP contribution in [0, 0.1) is 0 Å². The van der Waals surface area contributed by atoms with Crippen molar-refractivity contribution in [1.29, 1.82) is 0 Å². The lowest BCUT2D eigenvalue weighted by Crippen LogP contribution is -2.29. The third kappa shape index (κ3) is 56.1. The molecule has 3 N–H and O–H groups in total. The maximum Gasteiger partial charge on any atom is 0.472 e. The van der Waals surface area contributed by atoms with Crippen molar-refractivity contribution < 1.29 is 37.6 Å². The minimum atomic E-state index is -4.39. The molecule has 0 aliphatic rings. The van der Waals surface area contributed by atoms with Crippen LogP contribution < -0.4 is 5.73 Å². The smallest absolute Gasteiger partial charge is 0.462 e. The summed E-state index contributed by atoms with van der Waals surface area (Å²) in [6.07, 6.45) is 74.6. The van der Waals surface area contributed by atoms with E-state index >= 15 is 0 Å². The summed E-state index contributed by atoms with van der Waals surface area (Å²) in [7, 11) is -4.39. The minimum absolute atomic E-state index is 0.0479. The number of allylic oxidation sites excluding steroid dienone is 16. The van der Waals surface area contributed by atoms with Crippen LogP contribution in [0.25, 0.3) is 0 Å². The second-order valence-corrected chi connectivity index (χ2v) is 20.2. The Morgan fingerprint density at radius 2 is 0.732 bits per heavy atom. The number of rotatable bonds is 53. The molecule has 0 rings (SSSR count). The first-order valence-corrected chi connectivity index (χ1v) is 30.2. The molecule has 2 atom stereocenters. The summed E-state index contributed by atoms with van der Waals surface area (Å²) in [5, 5.41) is 0. The Bertz CT molecular complexity index is 1480. The maximum atomic E-state index is 12.7. The summed E-state index contributed by atoms with van der Waals surface area (Å²) in [5.74, 6) is -0.842. The topological polar surface area (TPSA) is 134 Å². The summed E-state index contributed by atoms with van der Waals surface area (Å²) in [6, 6.07) is 0. The fourth-order valence-corrected chi connectivity index (χ4v) is 8.56. The fourth-order valence-electron chi connectivity index (χ4n) is 7.80. The third-order valence-electron chi connectivity index (χ3n) is 12.0. The minimum Gasteiger partial charge on any atom is -0.462 e. The van der Waals surface area contributed by atoms with Gasteiger partial charge in [0, 0.05) is 19.4 Å². The molecular weight excluding hydrogens is 906 g/mol. The number of esters is 2. The molecule has 0 heterocycles. The van der Waals surface area contributed by atoms with Crippen molar-refractivity contribution in [2.45, 2.75) is 251 Å². The number of carbonyl (C=O) groups excluding carboxylic acids is 2. The van der Waals surface area contributed by atoms with E-state index in [1.54, 1.807) is 0 Å². The van der Waals surface area contributed by atoms with Crippen molar-refractivity contribution in [3.8, 4) is 0 Å². The number of phosphoric ester groups is 1. The molecule has 0 fully saturated rings. The highest BCUT2D eigenvalue weighted by Gasteiger charge is 2.26. The second kappa shape index (κ2) is 56.2. The van der Waals surface area contributed by atoms with Gasteiger partial charge in [0.2, 0.25) is 0 Å². The largest absolute Gasteiger partial charge is 0.472 e. The number of hydrogen-bond donors (Lipinski definition) is 2. The second-order valence-electron chi connectivity index (χ2n) is 18.7. The van der Waals surface area contributed by atoms with Crippen molar-refractivity contribution >= 4 is 19.8 Å². The van der Waals surface area contributed by atoms with Gasteiger partial charge < -0.3 is 20.1 Å². The molecule has 0 saturated carbocycles. The van der Waals surface area contributed by atoms with Crippen molar-refractivity contribution in [2.24, 2.45) is 5.73 Å². The molecule has 0 bridgehead atoms. The molecule has 2 unspecified atom stereocenters. The van der Waals surface area contributed by atoms with Gasteiger partial charge in [0.25, 0.3) is 0 Å². The highest BCUT2D eigenvalue weighted by atomic mass is 31.2. The standard InChI is InChI=1S/C61H106NO8P/c1-3-5-7-9-11-13-15-17-19-21-23-24-25-26-27-28-29-30-31-32-33-34-36-38-40-42-44-46-48-50-52-54-61(64)70-59(58-69-71(65,66)68-56-55-62)57-67-60(63)53-51-49-47-45-43-41-39-37-35-22-20-18-16-14-12-10-8-6-4-2/h5-8,11-14,17-20,23-24,35,37,59H,3-4,9-10,15-16,21-22,25-34,36,38-58,62H2,1-2H3,(H,65,66)/b7-5-,8-6-,13-11-,14-12-,19-17-,20-18-,24-23-,37-35-. The van der Waals surface area contributed by atoms with Crippen LogP contribution in [0.3, 0.4) is 0 Å². The summed E-state index contributed by atoms with van der Waals surface area (Å²) < 4.78 is 33.0. The lowest BCUT2D eigenvalue weighted by molar-refractivity contribution is -0.161. The molecule has 0 aromatic rings. The van der Waals surface area contributed by atoms with Gasteiger partial charge in [-0.2, -0.15) is 0 Å². The van der Waals surface area contributed by atoms with Gasteiger partial charge in [-0.25, -0.2) is 4.57 Å². The highest BCUT2D eigenvalue weighted by molar-refractivity contribution is 7.47. The van der Waals surface area contributed by atoms with Gasteiger partial charge in [-0.15, -0.1) is 0 Å². The number of hydrogen-bond acceptors (Lipinski definition) is 8. The maximum absolute atomic E-state index is 12.7. The molecule has 9 nitrogen and oxygen atoms in total. The first-order chi connectivity index (χ1) is 34.8. The summed E-state index contributed by atoms with van der Waals surface area (Å²) in [4.78, 5) is 35.2. The van der Waals surface area contributed by atoms with Crippen LogP contribution in [0.5, 0.6) is 0 Å². The predicted octanol–water partition coefficient (Wildman–Crippen LogP) is 18.1. The zero-order chi connectivity index (χ0) is 51.7. The molecule has 71 heavy (non-hydrogen) atoms. The van der Waals surface area contributed by atoms with Gasteiger partial charge in [0.05, 0.1) is 13.2 Å². The van der Waals surface area contributed by atoms with Crippen LogP contribution >= 0.6 is 7.82 Å². The molecule has 0 saturated heterocycles. The van der Waals surface area contributed by atoms with E-state index in [1.807, 2.05) is 0 Å². The molecule has 0 aliphatic heterocycles. The van der Waals surface area contributed by atoms with Crippen LogP contribution in [0.15, 0.2) is 97.2 Å². The van der Waals surface area contributed by atoms with Crippen LogP contribution in [-0.2, 0) is 32.7 Å². The van der Waals surface area contributed by atoms with Crippen LogP contribution in [0.2, 0.25) is 0 Å². The molecule has 0 radical (unpaired) electrons. The number of phosphoric acid groups is 1. The average Bonchev–Trinajstić information content (AvgIpc) is 3.36. The first kappa shape index (κ1) is 67.9. The Kier molecular flexibility index (Phi) is 53.8. The van der Waals surface area contributed by atoms with Gasteiger partial charge >= 0.3 is 19.8 Å². The molecule has 0 spiro atoms. The number of unbranched alkanes of at least 4 members (excludes halogenated alkanes) is 24. The normalized spacial score (nSPS) is 13.8. The summed E-state index contributed by atoms with van der Waals surface area (Å²) >= 11 is 0. The van der Waals surface area contributed by atoms with E-state index < -0.39 is 32.5 Å². The molecule has 408 valence electrons. The van der Waals surface area contributed by atoms with Gasteiger partial charge in [0.15, 0.2) is 6.10 Å². The van der Waals surface area contributed by atoms with Crippen molar-refractivity contribution in [3.63, 3.8) is 0 Å². The van der Waals surface area contributed by atoms with E-state index in [1.165, 1.54) is 96.3 Å². The number of ether oxygens (including phenoxy) is 2. The zero-order valence-electron chi connectivity index (χ0n) is 45.4. The Labute approximate surface area is 436 Å². The van der Waals surface area contributed by atoms with Crippen molar-refractivity contribution in [2.75, 3.05) is 26.4 Å².